The van der Waals surface area contributed by atoms with Crippen LogP contribution in [0.5, 0.6) is 0 Å². The Labute approximate surface area is 88.8 Å². The van der Waals surface area contributed by atoms with Gasteiger partial charge in [-0.1, -0.05) is 26.7 Å². The molecular weight excluding hydrogens is 172 g/mol. The second-order valence-corrected chi connectivity index (χ2v) is 5.56. The Bertz CT molecular complexity index is 160. The first-order valence-corrected chi connectivity index (χ1v) is 5.95. The molecule has 2 heteroatoms. The predicted molar refractivity (Wildman–Crippen MR) is 62.3 cm³/mol. The highest BCUT2D eigenvalue weighted by Gasteiger charge is 2.25. The minimum absolute atomic E-state index is 0.381. The number of nitrogens with two attached hydrogens (primary N) is 1. The van der Waals surface area contributed by atoms with Crippen LogP contribution < -0.4 is 5.73 Å². The third kappa shape index (κ3) is 3.58. The largest absolute Gasteiger partial charge is 0.330 e. The Morgan fingerprint density at radius 1 is 1.29 bits per heavy atom. The molecule has 14 heavy (non-hydrogen) atoms. The molecule has 0 spiro atoms. The van der Waals surface area contributed by atoms with E-state index < -0.39 is 0 Å². The van der Waals surface area contributed by atoms with Gasteiger partial charge in [0.05, 0.1) is 0 Å². The van der Waals surface area contributed by atoms with Gasteiger partial charge in [-0.2, -0.15) is 0 Å². The number of hydrogen-bond donors (Lipinski definition) is 1. The SMILES string of the molecule is CN(CC(C)(C)CCN)C1CCCC1. The maximum absolute atomic E-state index is 5.63. The summed E-state index contributed by atoms with van der Waals surface area (Å²) in [5, 5.41) is 0. The van der Waals surface area contributed by atoms with E-state index in [2.05, 4.69) is 25.8 Å². The lowest BCUT2D eigenvalue weighted by Crippen LogP contribution is -2.38. The molecule has 0 aromatic rings. The normalized spacial score (nSPS) is 19.5. The average Bonchev–Trinajstić information content (AvgIpc) is 2.53. The van der Waals surface area contributed by atoms with Crippen molar-refractivity contribution in [2.75, 3.05) is 20.1 Å². The number of hydrogen-bond acceptors (Lipinski definition) is 2. The molecule has 2 nitrogen and oxygen atoms in total. The van der Waals surface area contributed by atoms with Crippen molar-refractivity contribution in [1.29, 1.82) is 0 Å². The second kappa shape index (κ2) is 5.13. The Morgan fingerprint density at radius 2 is 1.86 bits per heavy atom. The lowest BCUT2D eigenvalue weighted by atomic mass is 9.88. The molecule has 0 aromatic carbocycles. The molecule has 0 unspecified atom stereocenters. The predicted octanol–water partition coefficient (Wildman–Crippen LogP) is 2.24. The fraction of sp³-hybridized carbons (Fsp3) is 1.00. The van der Waals surface area contributed by atoms with E-state index in [4.69, 9.17) is 5.73 Å². The van der Waals surface area contributed by atoms with Gasteiger partial charge in [-0.3, -0.25) is 0 Å². The first-order chi connectivity index (χ1) is 6.55. The molecule has 0 atom stereocenters. The van der Waals surface area contributed by atoms with Crippen LogP contribution in [0.1, 0.15) is 46.0 Å². The van der Waals surface area contributed by atoms with Crippen molar-refractivity contribution < 1.29 is 0 Å². The highest BCUT2D eigenvalue weighted by molar-refractivity contribution is 4.80. The van der Waals surface area contributed by atoms with Crippen LogP contribution in [0.3, 0.4) is 0 Å². The van der Waals surface area contributed by atoms with Crippen molar-refractivity contribution in [3.8, 4) is 0 Å². The van der Waals surface area contributed by atoms with Crippen molar-refractivity contribution in [3.05, 3.63) is 0 Å². The summed E-state index contributed by atoms with van der Waals surface area (Å²) in [5.74, 6) is 0. The number of nitrogens with zero attached hydrogens (tertiary/aromatic N) is 1. The molecule has 0 aromatic heterocycles. The molecule has 0 heterocycles. The summed E-state index contributed by atoms with van der Waals surface area (Å²) in [6.45, 7) is 6.65. The smallest absolute Gasteiger partial charge is 0.00924 e. The van der Waals surface area contributed by atoms with Gasteiger partial charge >= 0.3 is 0 Å². The molecule has 1 aliphatic carbocycles. The molecule has 0 aliphatic heterocycles. The summed E-state index contributed by atoms with van der Waals surface area (Å²) in [6.07, 6.45) is 6.77. The monoisotopic (exact) mass is 198 g/mol. The van der Waals surface area contributed by atoms with E-state index in [1.165, 1.54) is 32.2 Å². The molecule has 84 valence electrons. The van der Waals surface area contributed by atoms with Crippen molar-refractivity contribution >= 4 is 0 Å². The molecule has 1 saturated carbocycles. The van der Waals surface area contributed by atoms with Gasteiger partial charge in [0.15, 0.2) is 0 Å². The van der Waals surface area contributed by atoms with Crippen LogP contribution in [-0.4, -0.2) is 31.1 Å². The minimum Gasteiger partial charge on any atom is -0.330 e. The first kappa shape index (κ1) is 12.0. The summed E-state index contributed by atoms with van der Waals surface area (Å²) in [7, 11) is 2.27. The highest BCUT2D eigenvalue weighted by Crippen LogP contribution is 2.27. The molecule has 1 fully saturated rings. The molecule has 0 radical (unpaired) electrons. The summed E-state index contributed by atoms with van der Waals surface area (Å²) < 4.78 is 0. The van der Waals surface area contributed by atoms with Crippen LogP contribution in [0.25, 0.3) is 0 Å². The van der Waals surface area contributed by atoms with E-state index in [0.29, 0.717) is 5.41 Å². The van der Waals surface area contributed by atoms with Crippen LogP contribution in [0.2, 0.25) is 0 Å². The lowest BCUT2D eigenvalue weighted by molar-refractivity contribution is 0.156. The van der Waals surface area contributed by atoms with Crippen LogP contribution in [0.15, 0.2) is 0 Å². The average molecular weight is 198 g/mol. The quantitative estimate of drug-likeness (QED) is 0.734. The van der Waals surface area contributed by atoms with E-state index in [1.54, 1.807) is 0 Å². The molecule has 2 N–H and O–H groups in total. The highest BCUT2D eigenvalue weighted by atomic mass is 15.1. The Kier molecular flexibility index (Phi) is 4.39. The fourth-order valence-electron chi connectivity index (χ4n) is 2.62. The van der Waals surface area contributed by atoms with Gasteiger partial charge in [-0.25, -0.2) is 0 Å². The molecule has 0 saturated heterocycles. The molecule has 0 bridgehead atoms. The summed E-state index contributed by atoms with van der Waals surface area (Å²) in [4.78, 5) is 2.54. The van der Waals surface area contributed by atoms with E-state index in [0.717, 1.165) is 19.0 Å². The summed E-state index contributed by atoms with van der Waals surface area (Å²) in [5.41, 5.74) is 6.01. The maximum Gasteiger partial charge on any atom is 0.00924 e. The van der Waals surface area contributed by atoms with Crippen molar-refractivity contribution in [2.24, 2.45) is 11.1 Å². The fourth-order valence-corrected chi connectivity index (χ4v) is 2.62. The van der Waals surface area contributed by atoms with Gasteiger partial charge in [0, 0.05) is 12.6 Å². The van der Waals surface area contributed by atoms with Gasteiger partial charge < -0.3 is 10.6 Å². The van der Waals surface area contributed by atoms with Crippen LogP contribution >= 0.6 is 0 Å². The zero-order valence-corrected chi connectivity index (χ0v) is 10.1. The lowest BCUT2D eigenvalue weighted by Gasteiger charge is -2.33. The molecule has 0 amide bonds. The van der Waals surface area contributed by atoms with Crippen molar-refractivity contribution in [1.82, 2.24) is 4.90 Å². The second-order valence-electron chi connectivity index (χ2n) is 5.56. The third-order valence-electron chi connectivity index (χ3n) is 3.45. The van der Waals surface area contributed by atoms with Crippen LogP contribution in [0, 0.1) is 5.41 Å². The Hall–Kier alpha value is -0.0800. The van der Waals surface area contributed by atoms with E-state index in [-0.39, 0.29) is 0 Å². The minimum atomic E-state index is 0.381. The zero-order chi connectivity index (χ0) is 10.6. The topological polar surface area (TPSA) is 29.3 Å². The van der Waals surface area contributed by atoms with Gasteiger partial charge in [0.2, 0.25) is 0 Å². The van der Waals surface area contributed by atoms with Crippen molar-refractivity contribution in [2.45, 2.75) is 52.0 Å². The van der Waals surface area contributed by atoms with Gasteiger partial charge in [-0.05, 0) is 38.3 Å². The van der Waals surface area contributed by atoms with Gasteiger partial charge in [0.1, 0.15) is 0 Å². The standard InChI is InChI=1S/C12H26N2/c1-12(2,8-9-13)10-14(3)11-6-4-5-7-11/h11H,4-10,13H2,1-3H3. The zero-order valence-electron chi connectivity index (χ0n) is 10.1. The molecular formula is C12H26N2. The Morgan fingerprint density at radius 3 is 2.36 bits per heavy atom. The molecule has 1 aliphatic rings. The van der Waals surface area contributed by atoms with E-state index in [1.807, 2.05) is 0 Å². The van der Waals surface area contributed by atoms with E-state index in [9.17, 15) is 0 Å². The van der Waals surface area contributed by atoms with Crippen LogP contribution in [0.4, 0.5) is 0 Å². The Balaban J connectivity index is 2.34. The number of rotatable bonds is 5. The van der Waals surface area contributed by atoms with Crippen LogP contribution in [-0.2, 0) is 0 Å². The summed E-state index contributed by atoms with van der Waals surface area (Å²) in [6, 6.07) is 0.840. The first-order valence-electron chi connectivity index (χ1n) is 5.95. The maximum atomic E-state index is 5.63. The van der Waals surface area contributed by atoms with Crippen molar-refractivity contribution in [3.63, 3.8) is 0 Å². The third-order valence-corrected chi connectivity index (χ3v) is 3.45. The molecule has 1 rings (SSSR count). The van der Waals surface area contributed by atoms with E-state index >= 15 is 0 Å². The summed E-state index contributed by atoms with van der Waals surface area (Å²) >= 11 is 0. The van der Waals surface area contributed by atoms with Gasteiger partial charge in [-0.15, -0.1) is 0 Å². The van der Waals surface area contributed by atoms with Gasteiger partial charge in [0.25, 0.3) is 0 Å².